The number of hydrogen-bond donors (Lipinski definition) is 0. The van der Waals surface area contributed by atoms with Crippen molar-refractivity contribution in [3.8, 4) is 0 Å². The fourth-order valence-electron chi connectivity index (χ4n) is 3.55. The fraction of sp³-hybridized carbons (Fsp3) is 0.200. The molecule has 2 nitrogen and oxygen atoms in total. The van der Waals surface area contributed by atoms with E-state index in [-0.39, 0.29) is 11.6 Å². The van der Waals surface area contributed by atoms with E-state index in [1.165, 1.54) is 0 Å². The lowest BCUT2D eigenvalue weighted by atomic mass is 9.64. The average molecular weight is 288 g/mol. The Labute approximate surface area is 129 Å². The Morgan fingerprint density at radius 3 is 1.36 bits per heavy atom. The predicted octanol–water partition coefficient (Wildman–Crippen LogP) is 3.92. The van der Waals surface area contributed by atoms with Gasteiger partial charge in [-0.3, -0.25) is 9.59 Å². The largest absolute Gasteiger partial charge is 0.293 e. The Kier molecular flexibility index (Phi) is 2.86. The molecule has 2 aromatic rings. The second-order valence-electron chi connectivity index (χ2n) is 6.08. The van der Waals surface area contributed by atoms with Crippen LogP contribution >= 0.6 is 0 Å². The number of ketones is 2. The van der Waals surface area contributed by atoms with Gasteiger partial charge in [-0.05, 0) is 24.0 Å². The highest BCUT2D eigenvalue weighted by Crippen LogP contribution is 2.54. The SMILES string of the molecule is O=C1C(c2ccccc2)=C(c2ccccc2)C(=O)C12CCC2. The zero-order valence-electron chi connectivity index (χ0n) is 12.2. The molecule has 0 aliphatic heterocycles. The second kappa shape index (κ2) is 4.77. The lowest BCUT2D eigenvalue weighted by Crippen LogP contribution is -2.41. The third-order valence-corrected chi connectivity index (χ3v) is 4.91. The van der Waals surface area contributed by atoms with Crippen LogP contribution in [0.2, 0.25) is 0 Å². The van der Waals surface area contributed by atoms with Crippen LogP contribution in [-0.2, 0) is 9.59 Å². The Balaban J connectivity index is 1.96. The van der Waals surface area contributed by atoms with E-state index in [0.717, 1.165) is 17.5 Å². The number of Topliss-reactive ketones (excluding diaryl/α,β-unsaturated/α-hetero) is 2. The first-order valence-electron chi connectivity index (χ1n) is 7.69. The summed E-state index contributed by atoms with van der Waals surface area (Å²) in [5, 5.41) is 0. The molecule has 0 atom stereocenters. The fourth-order valence-corrected chi connectivity index (χ4v) is 3.55. The Morgan fingerprint density at radius 1 is 0.636 bits per heavy atom. The highest BCUT2D eigenvalue weighted by Gasteiger charge is 2.57. The van der Waals surface area contributed by atoms with Gasteiger partial charge >= 0.3 is 0 Å². The molecule has 0 bridgehead atoms. The van der Waals surface area contributed by atoms with E-state index in [0.29, 0.717) is 24.0 Å². The minimum absolute atomic E-state index is 0.0220. The Bertz CT molecular complexity index is 717. The molecule has 108 valence electrons. The first-order chi connectivity index (χ1) is 10.7. The minimum Gasteiger partial charge on any atom is -0.293 e. The van der Waals surface area contributed by atoms with Gasteiger partial charge in [-0.1, -0.05) is 67.1 Å². The highest BCUT2D eigenvalue weighted by atomic mass is 16.2. The van der Waals surface area contributed by atoms with Crippen LogP contribution in [0.15, 0.2) is 60.7 Å². The molecule has 0 amide bonds. The zero-order chi connectivity index (χ0) is 15.2. The van der Waals surface area contributed by atoms with Crippen LogP contribution < -0.4 is 0 Å². The first kappa shape index (κ1) is 13.2. The molecule has 0 heterocycles. The van der Waals surface area contributed by atoms with Crippen LogP contribution in [0.1, 0.15) is 30.4 Å². The van der Waals surface area contributed by atoms with E-state index in [9.17, 15) is 9.59 Å². The van der Waals surface area contributed by atoms with Crippen molar-refractivity contribution in [1.29, 1.82) is 0 Å². The van der Waals surface area contributed by atoms with Gasteiger partial charge in [0, 0.05) is 11.1 Å². The van der Waals surface area contributed by atoms with Gasteiger partial charge in [0.1, 0.15) is 0 Å². The van der Waals surface area contributed by atoms with Gasteiger partial charge in [0.2, 0.25) is 0 Å². The van der Waals surface area contributed by atoms with Gasteiger partial charge in [0.15, 0.2) is 11.6 Å². The number of rotatable bonds is 2. The van der Waals surface area contributed by atoms with Crippen molar-refractivity contribution in [2.75, 3.05) is 0 Å². The molecular formula is C20H16O2. The van der Waals surface area contributed by atoms with Crippen molar-refractivity contribution < 1.29 is 9.59 Å². The molecule has 1 spiro atoms. The van der Waals surface area contributed by atoms with E-state index in [1.807, 2.05) is 60.7 Å². The van der Waals surface area contributed by atoms with Crippen molar-refractivity contribution in [2.24, 2.45) is 5.41 Å². The molecule has 2 aliphatic carbocycles. The van der Waals surface area contributed by atoms with Crippen LogP contribution in [0.25, 0.3) is 11.1 Å². The van der Waals surface area contributed by atoms with Crippen LogP contribution in [0, 0.1) is 5.41 Å². The van der Waals surface area contributed by atoms with Crippen molar-refractivity contribution in [3.63, 3.8) is 0 Å². The summed E-state index contributed by atoms with van der Waals surface area (Å²) in [6.07, 6.45) is 2.34. The molecule has 0 radical (unpaired) electrons. The number of hydrogen-bond acceptors (Lipinski definition) is 2. The molecule has 1 saturated carbocycles. The maximum Gasteiger partial charge on any atom is 0.178 e. The predicted molar refractivity (Wildman–Crippen MR) is 86.0 cm³/mol. The van der Waals surface area contributed by atoms with Crippen LogP contribution in [0.3, 0.4) is 0 Å². The smallest absolute Gasteiger partial charge is 0.178 e. The molecule has 0 N–H and O–H groups in total. The number of allylic oxidation sites excluding steroid dienone is 2. The van der Waals surface area contributed by atoms with E-state index in [4.69, 9.17) is 0 Å². The van der Waals surface area contributed by atoms with Gasteiger partial charge in [-0.2, -0.15) is 0 Å². The monoisotopic (exact) mass is 288 g/mol. The summed E-state index contributed by atoms with van der Waals surface area (Å²) in [5.74, 6) is 0.0441. The normalized spacial score (nSPS) is 19.6. The Hall–Kier alpha value is -2.48. The van der Waals surface area contributed by atoms with Crippen molar-refractivity contribution in [3.05, 3.63) is 71.8 Å². The number of carbonyl (C=O) groups is 2. The summed E-state index contributed by atoms with van der Waals surface area (Å²) in [4.78, 5) is 26.1. The lowest BCUT2D eigenvalue weighted by molar-refractivity contribution is -0.137. The average Bonchev–Trinajstić information content (AvgIpc) is 2.76. The van der Waals surface area contributed by atoms with Crippen LogP contribution in [0.4, 0.5) is 0 Å². The van der Waals surface area contributed by atoms with Crippen LogP contribution in [0.5, 0.6) is 0 Å². The summed E-state index contributed by atoms with van der Waals surface area (Å²) >= 11 is 0. The standard InChI is InChI=1S/C20H16O2/c21-18-16(14-8-3-1-4-9-14)17(15-10-5-2-6-11-15)19(22)20(18)12-7-13-20/h1-6,8-11H,7,12-13H2. The molecule has 2 aliphatic rings. The maximum atomic E-state index is 13.0. The minimum atomic E-state index is -0.768. The summed E-state index contributed by atoms with van der Waals surface area (Å²) < 4.78 is 0. The van der Waals surface area contributed by atoms with Gasteiger partial charge in [0.05, 0.1) is 5.41 Å². The molecule has 22 heavy (non-hydrogen) atoms. The zero-order valence-corrected chi connectivity index (χ0v) is 12.2. The first-order valence-corrected chi connectivity index (χ1v) is 7.69. The highest BCUT2D eigenvalue weighted by molar-refractivity contribution is 6.54. The van der Waals surface area contributed by atoms with Crippen molar-refractivity contribution >= 4 is 22.7 Å². The third kappa shape index (κ3) is 1.67. The quantitative estimate of drug-likeness (QED) is 0.785. The third-order valence-electron chi connectivity index (χ3n) is 4.91. The molecule has 0 aromatic heterocycles. The number of benzene rings is 2. The summed E-state index contributed by atoms with van der Waals surface area (Å²) in [7, 11) is 0. The maximum absolute atomic E-state index is 13.0. The Morgan fingerprint density at radius 2 is 1.05 bits per heavy atom. The number of carbonyl (C=O) groups excluding carboxylic acids is 2. The molecule has 2 aromatic carbocycles. The molecule has 0 unspecified atom stereocenters. The second-order valence-corrected chi connectivity index (χ2v) is 6.08. The molecule has 1 fully saturated rings. The lowest BCUT2D eigenvalue weighted by Gasteiger charge is -2.35. The van der Waals surface area contributed by atoms with Gasteiger partial charge < -0.3 is 0 Å². The molecule has 0 saturated heterocycles. The van der Waals surface area contributed by atoms with E-state index >= 15 is 0 Å². The summed E-state index contributed by atoms with van der Waals surface area (Å²) in [6, 6.07) is 19.2. The van der Waals surface area contributed by atoms with E-state index in [2.05, 4.69) is 0 Å². The molecule has 2 heteroatoms. The topological polar surface area (TPSA) is 34.1 Å². The van der Waals surface area contributed by atoms with Gasteiger partial charge in [0.25, 0.3) is 0 Å². The van der Waals surface area contributed by atoms with E-state index < -0.39 is 5.41 Å². The van der Waals surface area contributed by atoms with Crippen molar-refractivity contribution in [1.82, 2.24) is 0 Å². The molecule has 4 rings (SSSR count). The van der Waals surface area contributed by atoms with Gasteiger partial charge in [-0.25, -0.2) is 0 Å². The van der Waals surface area contributed by atoms with E-state index in [1.54, 1.807) is 0 Å². The van der Waals surface area contributed by atoms with Gasteiger partial charge in [-0.15, -0.1) is 0 Å². The van der Waals surface area contributed by atoms with Crippen LogP contribution in [-0.4, -0.2) is 11.6 Å². The molecular weight excluding hydrogens is 272 g/mol. The van der Waals surface area contributed by atoms with Crippen molar-refractivity contribution in [2.45, 2.75) is 19.3 Å². The summed E-state index contributed by atoms with van der Waals surface area (Å²) in [5.41, 5.74) is 2.15. The summed E-state index contributed by atoms with van der Waals surface area (Å²) in [6.45, 7) is 0.